The van der Waals surface area contributed by atoms with Crippen LogP contribution in [0, 0.1) is 0 Å². The normalized spacial score (nSPS) is 10.2. The Morgan fingerprint density at radius 3 is 3.23 bits per heavy atom. The first-order valence-corrected chi connectivity index (χ1v) is 3.55. The predicted octanol–water partition coefficient (Wildman–Crippen LogP) is 0.819. The van der Waals surface area contributed by atoms with Gasteiger partial charge >= 0.3 is 6.09 Å². The number of rotatable bonds is 1. The van der Waals surface area contributed by atoms with Crippen LogP contribution in [-0.2, 0) is 0 Å². The highest BCUT2D eigenvalue weighted by Crippen LogP contribution is 2.08. The summed E-state index contributed by atoms with van der Waals surface area (Å²) in [6, 6.07) is 3.23. The highest BCUT2D eigenvalue weighted by atomic mass is 16.4. The molecule has 1 amide bonds. The van der Waals surface area contributed by atoms with Gasteiger partial charge in [0.15, 0.2) is 5.65 Å². The molecule has 0 aromatic carbocycles. The fraction of sp³-hybridized carbons (Fsp3) is 0. The minimum absolute atomic E-state index is 0.480. The van der Waals surface area contributed by atoms with Crippen LogP contribution < -0.4 is 5.32 Å². The van der Waals surface area contributed by atoms with Crippen LogP contribution in [0.5, 0.6) is 0 Å². The minimum Gasteiger partial charge on any atom is -0.465 e. The van der Waals surface area contributed by atoms with Crippen LogP contribution in [-0.4, -0.2) is 25.8 Å². The van der Waals surface area contributed by atoms with Gasteiger partial charge in [-0.15, -0.1) is 10.2 Å². The second-order valence-electron chi connectivity index (χ2n) is 2.44. The molecule has 0 aliphatic heterocycles. The number of nitrogens with one attached hydrogen (secondary N) is 1. The maximum Gasteiger partial charge on any atom is 0.409 e. The summed E-state index contributed by atoms with van der Waals surface area (Å²) in [7, 11) is 0. The van der Waals surface area contributed by atoms with E-state index in [-0.39, 0.29) is 0 Å². The molecule has 0 aliphatic rings. The van der Waals surface area contributed by atoms with Crippen LogP contribution >= 0.6 is 0 Å². The second kappa shape index (κ2) is 2.74. The van der Waals surface area contributed by atoms with Gasteiger partial charge in [-0.05, 0) is 6.07 Å². The summed E-state index contributed by atoms with van der Waals surface area (Å²) in [5, 5.41) is 18.1. The zero-order chi connectivity index (χ0) is 9.26. The molecule has 13 heavy (non-hydrogen) atoms. The van der Waals surface area contributed by atoms with Crippen molar-refractivity contribution in [1.29, 1.82) is 0 Å². The molecule has 2 rings (SSSR count). The fourth-order valence-electron chi connectivity index (χ4n) is 1.02. The molecular formula is C7H6N4O2. The van der Waals surface area contributed by atoms with Crippen molar-refractivity contribution in [2.75, 3.05) is 5.32 Å². The van der Waals surface area contributed by atoms with Crippen molar-refractivity contribution in [3.8, 4) is 0 Å². The van der Waals surface area contributed by atoms with Crippen molar-refractivity contribution >= 4 is 17.4 Å². The van der Waals surface area contributed by atoms with Gasteiger partial charge in [-0.25, -0.2) is 4.79 Å². The zero-order valence-corrected chi connectivity index (χ0v) is 6.51. The summed E-state index contributed by atoms with van der Waals surface area (Å²) in [4.78, 5) is 10.3. The number of aromatic nitrogens is 3. The van der Waals surface area contributed by atoms with Crippen LogP contribution in [0.4, 0.5) is 10.5 Å². The molecule has 0 aliphatic carbocycles. The summed E-state index contributed by atoms with van der Waals surface area (Å²) >= 11 is 0. The van der Waals surface area contributed by atoms with Gasteiger partial charge in [0.2, 0.25) is 0 Å². The van der Waals surface area contributed by atoms with E-state index in [0.717, 1.165) is 0 Å². The number of nitrogens with zero attached hydrogens (tertiary/aromatic N) is 3. The molecule has 2 N–H and O–H groups in total. The van der Waals surface area contributed by atoms with E-state index < -0.39 is 6.09 Å². The Hall–Kier alpha value is -2.11. The van der Waals surface area contributed by atoms with Crippen molar-refractivity contribution in [3.05, 3.63) is 24.7 Å². The SMILES string of the molecule is O=C(O)Nc1ccn2cnnc2c1. The van der Waals surface area contributed by atoms with E-state index in [2.05, 4.69) is 15.5 Å². The fourth-order valence-corrected chi connectivity index (χ4v) is 1.02. The summed E-state index contributed by atoms with van der Waals surface area (Å²) in [6.45, 7) is 0. The Labute approximate surface area is 72.8 Å². The van der Waals surface area contributed by atoms with Gasteiger partial charge < -0.3 is 5.11 Å². The Balaban J connectivity index is 2.42. The standard InChI is InChI=1S/C7H6N4O2/c12-7(13)9-5-1-2-11-4-8-10-6(11)3-5/h1-4,9H,(H,12,13). The van der Waals surface area contributed by atoms with E-state index in [1.54, 1.807) is 29.1 Å². The van der Waals surface area contributed by atoms with Gasteiger partial charge in [0.1, 0.15) is 6.33 Å². The number of amides is 1. The highest BCUT2D eigenvalue weighted by Gasteiger charge is 1.99. The van der Waals surface area contributed by atoms with Crippen LogP contribution in [0.3, 0.4) is 0 Å². The Morgan fingerprint density at radius 1 is 1.62 bits per heavy atom. The van der Waals surface area contributed by atoms with Gasteiger partial charge in [0, 0.05) is 18.0 Å². The van der Waals surface area contributed by atoms with E-state index in [1.165, 1.54) is 0 Å². The molecule has 6 nitrogen and oxygen atoms in total. The number of fused-ring (bicyclic) bond motifs is 1. The van der Waals surface area contributed by atoms with Crippen molar-refractivity contribution in [2.24, 2.45) is 0 Å². The smallest absolute Gasteiger partial charge is 0.409 e. The number of hydrogen-bond acceptors (Lipinski definition) is 3. The first kappa shape index (κ1) is 7.53. The quantitative estimate of drug-likeness (QED) is 0.677. The van der Waals surface area contributed by atoms with Gasteiger partial charge in [0.25, 0.3) is 0 Å². The molecule has 6 heteroatoms. The van der Waals surface area contributed by atoms with E-state index in [1.807, 2.05) is 0 Å². The first-order valence-electron chi connectivity index (χ1n) is 3.55. The average Bonchev–Trinajstić information content (AvgIpc) is 2.49. The number of hydrogen-bond donors (Lipinski definition) is 2. The molecule has 0 saturated heterocycles. The molecule has 0 saturated carbocycles. The molecule has 0 spiro atoms. The maximum atomic E-state index is 10.3. The number of carbonyl (C=O) groups is 1. The third-order valence-electron chi connectivity index (χ3n) is 1.55. The second-order valence-corrected chi connectivity index (χ2v) is 2.44. The van der Waals surface area contributed by atoms with Crippen LogP contribution in [0.1, 0.15) is 0 Å². The molecule has 2 aromatic rings. The Morgan fingerprint density at radius 2 is 2.46 bits per heavy atom. The molecular weight excluding hydrogens is 172 g/mol. The lowest BCUT2D eigenvalue weighted by Gasteiger charge is -1.99. The molecule has 0 fully saturated rings. The third-order valence-corrected chi connectivity index (χ3v) is 1.55. The largest absolute Gasteiger partial charge is 0.465 e. The Bertz CT molecular complexity index is 450. The number of carboxylic acid groups (broad SMARTS) is 1. The lowest BCUT2D eigenvalue weighted by Crippen LogP contribution is -2.07. The highest BCUT2D eigenvalue weighted by molar-refractivity contribution is 5.83. The summed E-state index contributed by atoms with van der Waals surface area (Å²) in [5.41, 5.74) is 1.08. The molecule has 0 unspecified atom stereocenters. The average molecular weight is 178 g/mol. The van der Waals surface area contributed by atoms with E-state index in [9.17, 15) is 4.79 Å². The van der Waals surface area contributed by atoms with Gasteiger partial charge in [0.05, 0.1) is 0 Å². The summed E-state index contributed by atoms with van der Waals surface area (Å²) < 4.78 is 1.69. The maximum absolute atomic E-state index is 10.3. The van der Waals surface area contributed by atoms with Crippen LogP contribution in [0.15, 0.2) is 24.7 Å². The van der Waals surface area contributed by atoms with Crippen LogP contribution in [0.2, 0.25) is 0 Å². The molecule has 0 atom stereocenters. The van der Waals surface area contributed by atoms with E-state index in [4.69, 9.17) is 5.11 Å². The van der Waals surface area contributed by atoms with Crippen molar-refractivity contribution in [2.45, 2.75) is 0 Å². The van der Waals surface area contributed by atoms with E-state index >= 15 is 0 Å². The first-order chi connectivity index (χ1) is 6.25. The van der Waals surface area contributed by atoms with Crippen molar-refractivity contribution in [1.82, 2.24) is 14.6 Å². The summed E-state index contributed by atoms with van der Waals surface area (Å²) in [5.74, 6) is 0. The monoisotopic (exact) mass is 178 g/mol. The Kier molecular flexibility index (Phi) is 1.59. The third kappa shape index (κ3) is 1.41. The molecule has 2 aromatic heterocycles. The van der Waals surface area contributed by atoms with Gasteiger partial charge in [-0.1, -0.05) is 0 Å². The lowest BCUT2D eigenvalue weighted by molar-refractivity contribution is 0.210. The van der Waals surface area contributed by atoms with Crippen LogP contribution in [0.25, 0.3) is 5.65 Å². The number of anilines is 1. The molecule has 66 valence electrons. The van der Waals surface area contributed by atoms with Gasteiger partial charge in [-0.2, -0.15) is 0 Å². The number of pyridine rings is 1. The zero-order valence-electron chi connectivity index (χ0n) is 6.51. The lowest BCUT2D eigenvalue weighted by atomic mass is 10.4. The summed E-state index contributed by atoms with van der Waals surface area (Å²) in [6.07, 6.45) is 2.13. The minimum atomic E-state index is -1.09. The molecule has 2 heterocycles. The predicted molar refractivity (Wildman–Crippen MR) is 44.6 cm³/mol. The van der Waals surface area contributed by atoms with Crippen molar-refractivity contribution < 1.29 is 9.90 Å². The van der Waals surface area contributed by atoms with E-state index in [0.29, 0.717) is 11.3 Å². The topological polar surface area (TPSA) is 79.5 Å². The molecule has 0 radical (unpaired) electrons. The van der Waals surface area contributed by atoms with Gasteiger partial charge in [-0.3, -0.25) is 9.72 Å². The molecule has 0 bridgehead atoms. The van der Waals surface area contributed by atoms with Crippen molar-refractivity contribution in [3.63, 3.8) is 0 Å².